The van der Waals surface area contributed by atoms with E-state index in [0.717, 1.165) is 11.3 Å². The van der Waals surface area contributed by atoms with E-state index in [1.165, 1.54) is 35.6 Å². The summed E-state index contributed by atoms with van der Waals surface area (Å²) < 4.78 is 10.9. The Labute approximate surface area is 198 Å². The number of rotatable bonds is 9. The minimum Gasteiger partial charge on any atom is -0.462 e. The fraction of sp³-hybridized carbons (Fsp3) is 0.286. The summed E-state index contributed by atoms with van der Waals surface area (Å²) >= 11 is 2.47. The van der Waals surface area contributed by atoms with E-state index in [-0.39, 0.29) is 35.1 Å². The van der Waals surface area contributed by atoms with Crippen molar-refractivity contribution in [3.05, 3.63) is 46.2 Å². The minimum atomic E-state index is -0.913. The van der Waals surface area contributed by atoms with Crippen LogP contribution in [0.5, 0.6) is 0 Å². The summed E-state index contributed by atoms with van der Waals surface area (Å²) in [6.07, 6.45) is 0. The second kappa shape index (κ2) is 10.5. The number of anilines is 3. The predicted molar refractivity (Wildman–Crippen MR) is 126 cm³/mol. The van der Waals surface area contributed by atoms with Gasteiger partial charge in [-0.15, -0.1) is 10.2 Å². The quantitative estimate of drug-likeness (QED) is 0.301. The molecule has 0 saturated carbocycles. The van der Waals surface area contributed by atoms with Crippen LogP contribution >= 0.6 is 23.1 Å². The van der Waals surface area contributed by atoms with Crippen LogP contribution in [0, 0.1) is 20.8 Å². The van der Waals surface area contributed by atoms with Crippen LogP contribution in [-0.4, -0.2) is 40.3 Å². The third-order valence-corrected chi connectivity index (χ3v) is 6.53. The smallest absolute Gasteiger partial charge is 0.342 e. The predicted octanol–water partition coefficient (Wildman–Crippen LogP) is 3.81. The van der Waals surface area contributed by atoms with E-state index in [0.29, 0.717) is 9.47 Å². The number of esters is 1. The number of thioether (sulfide) groups is 1. The summed E-state index contributed by atoms with van der Waals surface area (Å²) in [5.74, 6) is -2.22. The first-order chi connectivity index (χ1) is 15.7. The fourth-order valence-corrected chi connectivity index (χ4v) is 4.44. The van der Waals surface area contributed by atoms with Crippen molar-refractivity contribution in [3.63, 3.8) is 0 Å². The average Bonchev–Trinajstić information content (AvgIpc) is 3.33. The van der Waals surface area contributed by atoms with Gasteiger partial charge in [0, 0.05) is 5.69 Å². The number of nitrogens with zero attached hydrogens (tertiary/aromatic N) is 2. The van der Waals surface area contributed by atoms with Crippen molar-refractivity contribution in [1.29, 1.82) is 0 Å². The summed E-state index contributed by atoms with van der Waals surface area (Å²) in [5, 5.41) is 14.4. The third kappa shape index (κ3) is 5.90. The van der Waals surface area contributed by atoms with Crippen molar-refractivity contribution in [2.24, 2.45) is 5.73 Å². The van der Waals surface area contributed by atoms with Crippen LogP contribution in [0.4, 0.5) is 16.7 Å². The molecule has 0 atom stereocenters. The first kappa shape index (κ1) is 24.3. The lowest BCUT2D eigenvalue weighted by molar-refractivity contribution is -0.113. The van der Waals surface area contributed by atoms with Crippen molar-refractivity contribution in [2.45, 2.75) is 32.0 Å². The molecule has 3 rings (SSSR count). The Kier molecular flexibility index (Phi) is 7.71. The van der Waals surface area contributed by atoms with Gasteiger partial charge in [-0.1, -0.05) is 29.2 Å². The maximum atomic E-state index is 12.4. The highest BCUT2D eigenvalue weighted by Gasteiger charge is 2.29. The Balaban J connectivity index is 1.63. The zero-order valence-electron chi connectivity index (χ0n) is 18.5. The summed E-state index contributed by atoms with van der Waals surface area (Å²) in [7, 11) is 0. The standard InChI is InChI=1S/C21H23N5O5S2/c1-5-30-19(29)15-12(4)31-18(16(15)17(22)28)24-14(27)9-32-21-26-25-20(33-21)23-13-7-6-10(2)11(3)8-13/h6-8H,5,9H2,1-4H3,(H2,22,28)(H,23,25)(H,24,27). The molecule has 2 amide bonds. The normalized spacial score (nSPS) is 10.7. The summed E-state index contributed by atoms with van der Waals surface area (Å²) in [4.78, 5) is 36.5. The van der Waals surface area contributed by atoms with Crippen LogP contribution in [0.3, 0.4) is 0 Å². The number of ether oxygens (including phenoxy) is 1. The average molecular weight is 490 g/mol. The monoisotopic (exact) mass is 489 g/mol. The van der Waals surface area contributed by atoms with Gasteiger partial charge in [0.05, 0.1) is 12.4 Å². The van der Waals surface area contributed by atoms with Gasteiger partial charge in [-0.2, -0.15) is 0 Å². The number of hydrogen-bond acceptors (Lipinski definition) is 10. The van der Waals surface area contributed by atoms with Crippen LogP contribution in [0.15, 0.2) is 27.0 Å². The Morgan fingerprint density at radius 1 is 1.15 bits per heavy atom. The Morgan fingerprint density at radius 2 is 1.91 bits per heavy atom. The van der Waals surface area contributed by atoms with Crippen LogP contribution < -0.4 is 16.4 Å². The molecule has 33 heavy (non-hydrogen) atoms. The molecule has 2 heterocycles. The largest absolute Gasteiger partial charge is 0.462 e. The van der Waals surface area contributed by atoms with E-state index < -0.39 is 17.8 Å². The molecule has 2 aromatic heterocycles. The van der Waals surface area contributed by atoms with Crippen molar-refractivity contribution >= 4 is 57.6 Å². The molecular weight excluding hydrogens is 466 g/mol. The van der Waals surface area contributed by atoms with Gasteiger partial charge >= 0.3 is 5.97 Å². The Hall–Kier alpha value is -3.38. The molecule has 0 fully saturated rings. The number of aromatic nitrogens is 2. The number of nitrogens with two attached hydrogens (primary N) is 1. The highest BCUT2D eigenvalue weighted by Crippen LogP contribution is 2.30. The number of aryl methyl sites for hydroxylation is 3. The van der Waals surface area contributed by atoms with Gasteiger partial charge < -0.3 is 20.2 Å². The van der Waals surface area contributed by atoms with Gasteiger partial charge in [0.25, 0.3) is 5.91 Å². The lowest BCUT2D eigenvalue weighted by atomic mass is 10.1. The van der Waals surface area contributed by atoms with Gasteiger partial charge in [0.1, 0.15) is 16.9 Å². The minimum absolute atomic E-state index is 0.0229. The summed E-state index contributed by atoms with van der Waals surface area (Å²) in [6.45, 7) is 7.29. The molecule has 0 bridgehead atoms. The maximum Gasteiger partial charge on any atom is 0.342 e. The van der Waals surface area contributed by atoms with Gasteiger partial charge in [-0.25, -0.2) is 4.79 Å². The Morgan fingerprint density at radius 3 is 2.58 bits per heavy atom. The molecule has 12 heteroatoms. The maximum absolute atomic E-state index is 12.4. The Bertz CT molecular complexity index is 1200. The van der Waals surface area contributed by atoms with Crippen LogP contribution in [0.1, 0.15) is 44.5 Å². The molecule has 0 saturated heterocycles. The first-order valence-corrected chi connectivity index (χ1v) is 11.7. The number of furan rings is 1. The number of carbonyl (C=O) groups excluding carboxylic acids is 3. The van der Waals surface area contributed by atoms with E-state index in [4.69, 9.17) is 14.9 Å². The highest BCUT2D eigenvalue weighted by molar-refractivity contribution is 8.01. The number of hydrogen-bond donors (Lipinski definition) is 3. The van der Waals surface area contributed by atoms with Gasteiger partial charge in [0.15, 0.2) is 4.34 Å². The molecule has 10 nitrogen and oxygen atoms in total. The van der Waals surface area contributed by atoms with Gasteiger partial charge in [-0.05, 0) is 51.0 Å². The zero-order chi connectivity index (χ0) is 24.1. The molecule has 0 aliphatic carbocycles. The second-order valence-electron chi connectivity index (χ2n) is 6.96. The molecule has 0 radical (unpaired) electrons. The van der Waals surface area contributed by atoms with Crippen LogP contribution in [0.25, 0.3) is 0 Å². The van der Waals surface area contributed by atoms with Crippen LogP contribution in [-0.2, 0) is 9.53 Å². The molecule has 1 aromatic carbocycles. The molecule has 174 valence electrons. The van der Waals surface area contributed by atoms with Crippen LogP contribution in [0.2, 0.25) is 0 Å². The number of carbonyl (C=O) groups is 3. The molecule has 0 aliphatic rings. The first-order valence-electron chi connectivity index (χ1n) is 9.90. The highest BCUT2D eigenvalue weighted by atomic mass is 32.2. The van der Waals surface area contributed by atoms with Crippen molar-refractivity contribution in [1.82, 2.24) is 10.2 Å². The second-order valence-corrected chi connectivity index (χ2v) is 9.16. The topological polar surface area (TPSA) is 149 Å². The zero-order valence-corrected chi connectivity index (χ0v) is 20.1. The van der Waals surface area contributed by atoms with Crippen molar-refractivity contribution in [2.75, 3.05) is 23.0 Å². The molecular formula is C21H23N5O5S2. The lowest BCUT2D eigenvalue weighted by Crippen LogP contribution is -2.21. The lowest BCUT2D eigenvalue weighted by Gasteiger charge is -2.05. The number of nitrogens with one attached hydrogen (secondary N) is 2. The number of primary amides is 1. The number of benzene rings is 1. The van der Waals surface area contributed by atoms with E-state index in [2.05, 4.69) is 20.8 Å². The van der Waals surface area contributed by atoms with Gasteiger partial charge in [-0.3, -0.25) is 14.9 Å². The SMILES string of the molecule is CCOC(=O)c1c(C)oc(NC(=O)CSc2nnc(Nc3ccc(C)c(C)c3)s2)c1C(N)=O. The fourth-order valence-electron chi connectivity index (χ4n) is 2.87. The third-order valence-electron chi connectivity index (χ3n) is 4.55. The van der Waals surface area contributed by atoms with Crippen molar-refractivity contribution < 1.29 is 23.5 Å². The molecule has 3 aromatic rings. The summed E-state index contributed by atoms with van der Waals surface area (Å²) in [6, 6.07) is 5.99. The molecule has 0 spiro atoms. The molecule has 4 N–H and O–H groups in total. The van der Waals surface area contributed by atoms with E-state index in [9.17, 15) is 14.4 Å². The molecule has 0 aliphatic heterocycles. The van der Waals surface area contributed by atoms with E-state index in [1.807, 2.05) is 32.0 Å². The van der Waals surface area contributed by atoms with E-state index >= 15 is 0 Å². The summed E-state index contributed by atoms with van der Waals surface area (Å²) in [5.41, 5.74) is 8.33. The number of amides is 2. The van der Waals surface area contributed by atoms with Gasteiger partial charge in [0.2, 0.25) is 16.9 Å². The van der Waals surface area contributed by atoms with E-state index in [1.54, 1.807) is 6.92 Å². The molecule has 0 unspecified atom stereocenters. The van der Waals surface area contributed by atoms with Crippen molar-refractivity contribution in [3.8, 4) is 0 Å².